The maximum absolute atomic E-state index is 5.24. The van der Waals surface area contributed by atoms with Crippen molar-refractivity contribution >= 4 is 0 Å². The van der Waals surface area contributed by atoms with Crippen LogP contribution in [-0.4, -0.2) is 18.6 Å². The zero-order valence-corrected chi connectivity index (χ0v) is 13.3. The van der Waals surface area contributed by atoms with E-state index in [0.717, 1.165) is 30.1 Å². The summed E-state index contributed by atoms with van der Waals surface area (Å²) in [4.78, 5) is 4.47. The van der Waals surface area contributed by atoms with E-state index in [1.54, 1.807) is 7.11 Å². The fraction of sp³-hybridized carbons (Fsp3) is 0.389. The van der Waals surface area contributed by atoms with E-state index in [-0.39, 0.29) is 6.04 Å². The molecular formula is C18H24N2O. The summed E-state index contributed by atoms with van der Waals surface area (Å²) in [5, 5.41) is 3.63. The molecule has 112 valence electrons. The van der Waals surface area contributed by atoms with Crippen LogP contribution in [-0.2, 0) is 0 Å². The molecule has 1 N–H and O–H groups in total. The smallest absolute Gasteiger partial charge is 0.118 e. The topological polar surface area (TPSA) is 34.1 Å². The molecule has 0 fully saturated rings. The van der Waals surface area contributed by atoms with Crippen LogP contribution in [0, 0.1) is 13.8 Å². The molecule has 0 amide bonds. The number of nitrogens with one attached hydrogen (secondary N) is 1. The lowest BCUT2D eigenvalue weighted by molar-refractivity contribution is 0.414. The van der Waals surface area contributed by atoms with Crippen molar-refractivity contribution in [2.45, 2.75) is 33.2 Å². The summed E-state index contributed by atoms with van der Waals surface area (Å²) in [6, 6.07) is 12.8. The third kappa shape index (κ3) is 4.05. The number of pyridine rings is 1. The zero-order valence-electron chi connectivity index (χ0n) is 13.3. The molecule has 1 atom stereocenters. The van der Waals surface area contributed by atoms with Gasteiger partial charge in [0.05, 0.1) is 13.2 Å². The van der Waals surface area contributed by atoms with Gasteiger partial charge in [0.15, 0.2) is 0 Å². The van der Waals surface area contributed by atoms with Gasteiger partial charge in [0.2, 0.25) is 0 Å². The van der Waals surface area contributed by atoms with Crippen molar-refractivity contribution in [1.29, 1.82) is 0 Å². The molecule has 3 nitrogen and oxygen atoms in total. The Morgan fingerprint density at radius 1 is 1.05 bits per heavy atom. The SMILES string of the molecule is CCCNC(c1ccc(OC)cc1)c1cc(C)nc(C)c1. The molecule has 0 aliphatic rings. The maximum atomic E-state index is 5.24. The standard InChI is InChI=1S/C18H24N2O/c1-5-10-19-18(15-6-8-17(21-4)9-7-15)16-11-13(2)20-14(3)12-16/h6-9,11-12,18-19H,5,10H2,1-4H3. The molecule has 21 heavy (non-hydrogen) atoms. The molecule has 1 heterocycles. The zero-order chi connectivity index (χ0) is 15.2. The van der Waals surface area contributed by atoms with Crippen molar-refractivity contribution in [3.63, 3.8) is 0 Å². The molecule has 0 saturated heterocycles. The van der Waals surface area contributed by atoms with Gasteiger partial charge in [-0.3, -0.25) is 4.98 Å². The predicted molar refractivity (Wildman–Crippen MR) is 86.8 cm³/mol. The number of hydrogen-bond donors (Lipinski definition) is 1. The fourth-order valence-corrected chi connectivity index (χ4v) is 2.55. The second-order valence-electron chi connectivity index (χ2n) is 5.34. The molecule has 1 aromatic carbocycles. The Balaban J connectivity index is 2.36. The molecule has 1 aromatic heterocycles. The van der Waals surface area contributed by atoms with E-state index < -0.39 is 0 Å². The van der Waals surface area contributed by atoms with Crippen molar-refractivity contribution in [3.8, 4) is 5.75 Å². The molecule has 2 aromatic rings. The van der Waals surface area contributed by atoms with Gasteiger partial charge in [-0.2, -0.15) is 0 Å². The van der Waals surface area contributed by atoms with E-state index in [2.05, 4.69) is 41.5 Å². The van der Waals surface area contributed by atoms with Crippen molar-refractivity contribution in [2.75, 3.05) is 13.7 Å². The van der Waals surface area contributed by atoms with Crippen LogP contribution in [0.25, 0.3) is 0 Å². The van der Waals surface area contributed by atoms with Gasteiger partial charge < -0.3 is 10.1 Å². The van der Waals surface area contributed by atoms with Crippen molar-refractivity contribution in [1.82, 2.24) is 10.3 Å². The first kappa shape index (κ1) is 15.5. The van der Waals surface area contributed by atoms with Crippen LogP contribution in [0.1, 0.15) is 41.9 Å². The average molecular weight is 284 g/mol. The number of aryl methyl sites for hydroxylation is 2. The molecule has 0 bridgehead atoms. The van der Waals surface area contributed by atoms with E-state index in [9.17, 15) is 0 Å². The fourth-order valence-electron chi connectivity index (χ4n) is 2.55. The van der Waals surface area contributed by atoms with E-state index >= 15 is 0 Å². The van der Waals surface area contributed by atoms with E-state index in [1.165, 1.54) is 11.1 Å². The highest BCUT2D eigenvalue weighted by molar-refractivity contribution is 5.36. The Morgan fingerprint density at radius 2 is 1.67 bits per heavy atom. The number of nitrogens with zero attached hydrogens (tertiary/aromatic N) is 1. The van der Waals surface area contributed by atoms with Crippen LogP contribution < -0.4 is 10.1 Å². The monoisotopic (exact) mass is 284 g/mol. The number of hydrogen-bond acceptors (Lipinski definition) is 3. The summed E-state index contributed by atoms with van der Waals surface area (Å²) >= 11 is 0. The van der Waals surface area contributed by atoms with Crippen LogP contribution in [0.4, 0.5) is 0 Å². The number of rotatable bonds is 6. The largest absolute Gasteiger partial charge is 0.497 e. The number of ether oxygens (including phenoxy) is 1. The molecule has 0 saturated carbocycles. The van der Waals surface area contributed by atoms with Crippen LogP contribution >= 0.6 is 0 Å². The van der Waals surface area contributed by atoms with Gasteiger partial charge in [0, 0.05) is 11.4 Å². The predicted octanol–water partition coefficient (Wildman–Crippen LogP) is 3.80. The molecule has 3 heteroatoms. The Kier molecular flexibility index (Phi) is 5.34. The van der Waals surface area contributed by atoms with Gasteiger partial charge in [-0.05, 0) is 62.2 Å². The van der Waals surface area contributed by atoms with Crippen molar-refractivity contribution in [2.24, 2.45) is 0 Å². The van der Waals surface area contributed by atoms with Crippen molar-refractivity contribution in [3.05, 3.63) is 58.9 Å². The van der Waals surface area contributed by atoms with E-state index in [4.69, 9.17) is 4.74 Å². The van der Waals surface area contributed by atoms with Gasteiger partial charge in [0.25, 0.3) is 0 Å². The van der Waals surface area contributed by atoms with Gasteiger partial charge in [-0.1, -0.05) is 19.1 Å². The molecule has 1 unspecified atom stereocenters. The summed E-state index contributed by atoms with van der Waals surface area (Å²) in [5.74, 6) is 0.884. The lowest BCUT2D eigenvalue weighted by atomic mass is 9.98. The minimum absolute atomic E-state index is 0.191. The quantitative estimate of drug-likeness (QED) is 0.876. The molecule has 0 radical (unpaired) electrons. The molecule has 0 spiro atoms. The first-order chi connectivity index (χ1) is 10.1. The van der Waals surface area contributed by atoms with E-state index in [1.807, 2.05) is 26.0 Å². The lowest BCUT2D eigenvalue weighted by Crippen LogP contribution is -2.23. The Labute approximate surface area is 127 Å². The summed E-state index contributed by atoms with van der Waals surface area (Å²) in [6.07, 6.45) is 1.11. The number of benzene rings is 1. The molecule has 0 aliphatic carbocycles. The third-order valence-electron chi connectivity index (χ3n) is 3.48. The first-order valence-corrected chi connectivity index (χ1v) is 7.46. The molecule has 2 rings (SSSR count). The molecular weight excluding hydrogens is 260 g/mol. The second kappa shape index (κ2) is 7.23. The Morgan fingerprint density at radius 3 is 2.19 bits per heavy atom. The first-order valence-electron chi connectivity index (χ1n) is 7.46. The van der Waals surface area contributed by atoms with Crippen LogP contribution in [0.2, 0.25) is 0 Å². The minimum Gasteiger partial charge on any atom is -0.497 e. The summed E-state index contributed by atoms with van der Waals surface area (Å²) in [5.41, 5.74) is 4.62. The van der Waals surface area contributed by atoms with Crippen molar-refractivity contribution < 1.29 is 4.74 Å². The van der Waals surface area contributed by atoms with Gasteiger partial charge in [0.1, 0.15) is 5.75 Å². The highest BCUT2D eigenvalue weighted by Gasteiger charge is 2.14. The van der Waals surface area contributed by atoms with E-state index in [0.29, 0.717) is 0 Å². The summed E-state index contributed by atoms with van der Waals surface area (Å²) < 4.78 is 5.24. The maximum Gasteiger partial charge on any atom is 0.118 e. The highest BCUT2D eigenvalue weighted by atomic mass is 16.5. The summed E-state index contributed by atoms with van der Waals surface area (Å²) in [7, 11) is 1.69. The molecule has 0 aliphatic heterocycles. The minimum atomic E-state index is 0.191. The second-order valence-corrected chi connectivity index (χ2v) is 5.34. The number of aromatic nitrogens is 1. The lowest BCUT2D eigenvalue weighted by Gasteiger charge is -2.20. The number of methoxy groups -OCH3 is 1. The van der Waals surface area contributed by atoms with Crippen LogP contribution in [0.5, 0.6) is 5.75 Å². The Hall–Kier alpha value is -1.87. The van der Waals surface area contributed by atoms with Crippen LogP contribution in [0.3, 0.4) is 0 Å². The van der Waals surface area contributed by atoms with Crippen LogP contribution in [0.15, 0.2) is 36.4 Å². The Bertz CT molecular complexity index is 558. The van der Waals surface area contributed by atoms with Gasteiger partial charge in [-0.15, -0.1) is 0 Å². The third-order valence-corrected chi connectivity index (χ3v) is 3.48. The average Bonchev–Trinajstić information content (AvgIpc) is 2.47. The highest BCUT2D eigenvalue weighted by Crippen LogP contribution is 2.25. The summed E-state index contributed by atoms with van der Waals surface area (Å²) in [6.45, 7) is 7.25. The van der Waals surface area contributed by atoms with Gasteiger partial charge >= 0.3 is 0 Å². The normalized spacial score (nSPS) is 12.2. The van der Waals surface area contributed by atoms with Gasteiger partial charge in [-0.25, -0.2) is 0 Å².